The maximum absolute atomic E-state index is 11.8. The average molecular weight is 328 g/mol. The number of carbonyl (C=O) groups is 1. The fraction of sp³-hybridized carbons (Fsp3) is 0.688. The minimum Gasteiger partial charge on any atom is -0.394 e. The second-order valence-corrected chi connectivity index (χ2v) is 6.68. The largest absolute Gasteiger partial charge is 0.394 e. The minimum absolute atomic E-state index is 0.0311. The number of carbonyl (C=O) groups excluding carboxylic acids is 1. The zero-order valence-corrected chi connectivity index (χ0v) is 13.3. The Kier molecular flexibility index (Phi) is 5.40. The summed E-state index contributed by atoms with van der Waals surface area (Å²) in [6.45, 7) is 7.26. The van der Waals surface area contributed by atoms with Gasteiger partial charge in [-0.25, -0.2) is 0 Å². The van der Waals surface area contributed by atoms with Crippen LogP contribution in [0.15, 0.2) is 23.8 Å². The van der Waals surface area contributed by atoms with Crippen molar-refractivity contribution < 1.29 is 34.7 Å². The first-order chi connectivity index (χ1) is 10.7. The third-order valence-electron chi connectivity index (χ3n) is 4.41. The Labute approximate surface area is 134 Å². The normalized spacial score (nSPS) is 37.7. The fourth-order valence-corrected chi connectivity index (χ4v) is 2.82. The fourth-order valence-electron chi connectivity index (χ4n) is 2.82. The van der Waals surface area contributed by atoms with Crippen molar-refractivity contribution in [1.29, 1.82) is 0 Å². The molecule has 130 valence electrons. The van der Waals surface area contributed by atoms with Crippen LogP contribution < -0.4 is 0 Å². The molecule has 2 aliphatic rings. The quantitative estimate of drug-likeness (QED) is 0.538. The van der Waals surface area contributed by atoms with E-state index in [4.69, 9.17) is 14.6 Å². The lowest BCUT2D eigenvalue weighted by atomic mass is 9.73. The lowest BCUT2D eigenvalue weighted by Gasteiger charge is -2.40. The Morgan fingerprint density at radius 1 is 1.30 bits per heavy atom. The molecule has 23 heavy (non-hydrogen) atoms. The summed E-state index contributed by atoms with van der Waals surface area (Å²) >= 11 is 0. The molecule has 0 aromatic rings. The molecule has 1 saturated heterocycles. The maximum atomic E-state index is 11.8. The maximum Gasteiger partial charge on any atom is 0.187 e. The summed E-state index contributed by atoms with van der Waals surface area (Å²) < 4.78 is 10.7. The Hall–Kier alpha value is -1.09. The molecule has 0 radical (unpaired) electrons. The van der Waals surface area contributed by atoms with E-state index in [0.29, 0.717) is 12.0 Å². The summed E-state index contributed by atoms with van der Waals surface area (Å²) in [5, 5.41) is 38.5. The smallest absolute Gasteiger partial charge is 0.187 e. The highest BCUT2D eigenvalue weighted by Gasteiger charge is 2.44. The van der Waals surface area contributed by atoms with Gasteiger partial charge in [-0.1, -0.05) is 20.4 Å². The molecule has 1 fully saturated rings. The molecular weight excluding hydrogens is 304 g/mol. The van der Waals surface area contributed by atoms with Gasteiger partial charge in [0.25, 0.3) is 0 Å². The molecule has 4 N–H and O–H groups in total. The van der Waals surface area contributed by atoms with Crippen LogP contribution in [0, 0.1) is 5.41 Å². The first-order valence-electron chi connectivity index (χ1n) is 7.52. The van der Waals surface area contributed by atoms with Crippen LogP contribution in [-0.4, -0.2) is 70.1 Å². The number of allylic oxidation sites excluding steroid dienone is 1. The third-order valence-corrected chi connectivity index (χ3v) is 4.41. The second-order valence-electron chi connectivity index (χ2n) is 6.68. The summed E-state index contributed by atoms with van der Waals surface area (Å²) in [5.74, 6) is -0.0326. The molecule has 0 amide bonds. The standard InChI is InChI=1S/C16H24O7/c1-8-9(4-10(18)5-16(8,2)3)7-22-15-14(21)13(20)12(19)11(6-17)23-15/h4,11-15,17,19-21H,1,5-7H2,2-3H3/t11-,12-,13+,14-,15-/m1/s1. The van der Waals surface area contributed by atoms with E-state index in [0.717, 1.165) is 5.57 Å². The molecule has 0 aromatic heterocycles. The number of hydrogen-bond donors (Lipinski definition) is 4. The molecule has 1 heterocycles. The van der Waals surface area contributed by atoms with Gasteiger partial charge in [-0.15, -0.1) is 0 Å². The molecule has 1 aliphatic heterocycles. The third kappa shape index (κ3) is 3.71. The molecule has 0 unspecified atom stereocenters. The van der Waals surface area contributed by atoms with Crippen molar-refractivity contribution >= 4 is 5.78 Å². The van der Waals surface area contributed by atoms with Crippen LogP contribution in [0.25, 0.3) is 0 Å². The lowest BCUT2D eigenvalue weighted by molar-refractivity contribution is -0.298. The zero-order valence-electron chi connectivity index (χ0n) is 13.3. The molecule has 0 spiro atoms. The van der Waals surface area contributed by atoms with Crippen molar-refractivity contribution in [2.45, 2.75) is 51.0 Å². The lowest BCUT2D eigenvalue weighted by Crippen LogP contribution is -2.59. The van der Waals surface area contributed by atoms with Crippen LogP contribution in [0.4, 0.5) is 0 Å². The molecule has 1 aliphatic carbocycles. The average Bonchev–Trinajstić information content (AvgIpc) is 2.48. The second kappa shape index (κ2) is 6.80. The van der Waals surface area contributed by atoms with Crippen molar-refractivity contribution in [3.8, 4) is 0 Å². The summed E-state index contributed by atoms with van der Waals surface area (Å²) in [5.41, 5.74) is 0.991. The first kappa shape index (κ1) is 18.3. The van der Waals surface area contributed by atoms with Crippen LogP contribution in [-0.2, 0) is 14.3 Å². The van der Waals surface area contributed by atoms with E-state index < -0.39 is 37.3 Å². The Bertz CT molecular complexity index is 509. The first-order valence-corrected chi connectivity index (χ1v) is 7.52. The SMILES string of the molecule is C=C1C(CO[C@@H]2O[C@H](CO)[C@@H](O)[C@H](O)[C@H]2O)=CC(=O)CC1(C)C. The number of hydrogen-bond acceptors (Lipinski definition) is 7. The van der Waals surface area contributed by atoms with Crippen molar-refractivity contribution in [2.75, 3.05) is 13.2 Å². The number of rotatable bonds is 4. The van der Waals surface area contributed by atoms with Gasteiger partial charge in [0.2, 0.25) is 0 Å². The molecule has 0 bridgehead atoms. The molecule has 7 nitrogen and oxygen atoms in total. The van der Waals surface area contributed by atoms with E-state index >= 15 is 0 Å². The van der Waals surface area contributed by atoms with Crippen molar-refractivity contribution in [3.05, 3.63) is 23.8 Å². The number of aliphatic hydroxyl groups is 4. The van der Waals surface area contributed by atoms with E-state index in [-0.39, 0.29) is 17.8 Å². The Morgan fingerprint density at radius 2 is 1.96 bits per heavy atom. The number of ketones is 1. The monoisotopic (exact) mass is 328 g/mol. The van der Waals surface area contributed by atoms with E-state index in [1.165, 1.54) is 6.08 Å². The Morgan fingerprint density at radius 3 is 2.57 bits per heavy atom. The highest BCUT2D eigenvalue weighted by molar-refractivity contribution is 5.93. The van der Waals surface area contributed by atoms with E-state index in [1.54, 1.807) is 0 Å². The van der Waals surface area contributed by atoms with Gasteiger partial charge < -0.3 is 29.9 Å². The number of ether oxygens (including phenoxy) is 2. The summed E-state index contributed by atoms with van der Waals surface area (Å²) in [4.78, 5) is 11.8. The molecule has 0 aromatic carbocycles. The van der Waals surface area contributed by atoms with Gasteiger partial charge in [-0.05, 0) is 22.6 Å². The highest BCUT2D eigenvalue weighted by Crippen LogP contribution is 2.38. The van der Waals surface area contributed by atoms with Gasteiger partial charge in [0.1, 0.15) is 24.4 Å². The van der Waals surface area contributed by atoms with Crippen molar-refractivity contribution in [1.82, 2.24) is 0 Å². The van der Waals surface area contributed by atoms with Crippen molar-refractivity contribution in [3.63, 3.8) is 0 Å². The van der Waals surface area contributed by atoms with Gasteiger partial charge in [-0.3, -0.25) is 4.79 Å². The Balaban J connectivity index is 2.05. The molecular formula is C16H24O7. The van der Waals surface area contributed by atoms with Crippen LogP contribution in [0.2, 0.25) is 0 Å². The summed E-state index contributed by atoms with van der Waals surface area (Å²) in [6.07, 6.45) is -4.81. The van der Waals surface area contributed by atoms with Gasteiger partial charge in [0.05, 0.1) is 13.2 Å². The van der Waals surface area contributed by atoms with E-state index in [9.17, 15) is 20.1 Å². The predicted molar refractivity (Wildman–Crippen MR) is 80.3 cm³/mol. The predicted octanol–water partition coefficient (Wildman–Crippen LogP) is -0.716. The number of aliphatic hydroxyl groups excluding tert-OH is 4. The van der Waals surface area contributed by atoms with Crippen LogP contribution in [0.1, 0.15) is 20.3 Å². The van der Waals surface area contributed by atoms with Gasteiger partial charge in [0.15, 0.2) is 12.1 Å². The molecule has 5 atom stereocenters. The van der Waals surface area contributed by atoms with Crippen LogP contribution in [0.5, 0.6) is 0 Å². The summed E-state index contributed by atoms with van der Waals surface area (Å²) in [7, 11) is 0. The van der Waals surface area contributed by atoms with E-state index in [1.807, 2.05) is 13.8 Å². The molecule has 0 saturated carbocycles. The van der Waals surface area contributed by atoms with Crippen LogP contribution in [0.3, 0.4) is 0 Å². The van der Waals surface area contributed by atoms with Gasteiger partial charge in [0, 0.05) is 6.42 Å². The van der Waals surface area contributed by atoms with Gasteiger partial charge >= 0.3 is 0 Å². The van der Waals surface area contributed by atoms with Gasteiger partial charge in [-0.2, -0.15) is 0 Å². The van der Waals surface area contributed by atoms with E-state index in [2.05, 4.69) is 6.58 Å². The van der Waals surface area contributed by atoms with Crippen molar-refractivity contribution in [2.24, 2.45) is 5.41 Å². The topological polar surface area (TPSA) is 116 Å². The minimum atomic E-state index is -1.49. The molecule has 7 heteroatoms. The highest BCUT2D eigenvalue weighted by atomic mass is 16.7. The van der Waals surface area contributed by atoms with Crippen LogP contribution >= 0.6 is 0 Å². The summed E-state index contributed by atoms with van der Waals surface area (Å²) in [6, 6.07) is 0. The molecule has 2 rings (SSSR count). The zero-order chi connectivity index (χ0) is 17.4.